The first-order chi connectivity index (χ1) is 12.9. The Morgan fingerprint density at radius 2 is 1.59 bits per heavy atom. The molecule has 0 fully saturated rings. The molecule has 0 radical (unpaired) electrons. The van der Waals surface area contributed by atoms with Crippen LogP contribution in [0.1, 0.15) is 10.4 Å². The zero-order chi connectivity index (χ0) is 19.4. The van der Waals surface area contributed by atoms with Crippen LogP contribution in [0, 0.1) is 5.82 Å². The number of nitrogens with one attached hydrogen (secondary N) is 2. The number of anilines is 2. The fourth-order valence-corrected chi connectivity index (χ4v) is 3.61. The maximum absolute atomic E-state index is 13.7. The van der Waals surface area contributed by atoms with Gasteiger partial charge in [0.25, 0.3) is 15.9 Å². The van der Waals surface area contributed by atoms with Gasteiger partial charge in [0.1, 0.15) is 5.82 Å². The highest BCUT2D eigenvalue weighted by atomic mass is 35.5. The van der Waals surface area contributed by atoms with E-state index in [1.807, 2.05) is 0 Å². The largest absolute Gasteiger partial charge is 0.322 e. The third-order valence-electron chi connectivity index (χ3n) is 3.64. The lowest BCUT2D eigenvalue weighted by molar-refractivity contribution is 0.102. The Balaban J connectivity index is 1.90. The summed E-state index contributed by atoms with van der Waals surface area (Å²) in [6.07, 6.45) is 0. The number of carbonyl (C=O) groups excluding carboxylic acids is 1. The van der Waals surface area contributed by atoms with Crippen LogP contribution in [0.5, 0.6) is 0 Å². The lowest BCUT2D eigenvalue weighted by Gasteiger charge is -2.11. The molecule has 0 spiro atoms. The molecule has 3 aromatic rings. The summed E-state index contributed by atoms with van der Waals surface area (Å²) in [5.41, 5.74) is 0.330. The number of carbonyl (C=O) groups is 1. The second kappa shape index (κ2) is 7.77. The molecule has 0 saturated carbocycles. The van der Waals surface area contributed by atoms with Crippen LogP contribution in [0.25, 0.3) is 0 Å². The first kappa shape index (κ1) is 18.9. The van der Waals surface area contributed by atoms with Gasteiger partial charge < -0.3 is 5.32 Å². The Labute approximate surface area is 160 Å². The van der Waals surface area contributed by atoms with E-state index in [2.05, 4.69) is 10.0 Å². The molecule has 0 unspecified atom stereocenters. The van der Waals surface area contributed by atoms with Crippen molar-refractivity contribution in [2.45, 2.75) is 4.90 Å². The van der Waals surface area contributed by atoms with E-state index in [4.69, 9.17) is 11.6 Å². The molecule has 0 aromatic heterocycles. The average Bonchev–Trinajstić information content (AvgIpc) is 2.64. The normalized spacial score (nSPS) is 11.0. The maximum Gasteiger partial charge on any atom is 0.262 e. The Kier molecular flexibility index (Phi) is 5.43. The monoisotopic (exact) mass is 404 g/mol. The zero-order valence-electron chi connectivity index (χ0n) is 13.8. The summed E-state index contributed by atoms with van der Waals surface area (Å²) in [5, 5.41) is 2.73. The lowest BCUT2D eigenvalue weighted by Crippen LogP contribution is -2.17. The van der Waals surface area contributed by atoms with E-state index < -0.39 is 21.7 Å². The highest BCUT2D eigenvalue weighted by Crippen LogP contribution is 2.24. The zero-order valence-corrected chi connectivity index (χ0v) is 15.4. The van der Waals surface area contributed by atoms with Crippen molar-refractivity contribution in [3.8, 4) is 0 Å². The third-order valence-corrected chi connectivity index (χ3v) is 5.34. The summed E-state index contributed by atoms with van der Waals surface area (Å²) in [4.78, 5) is 12.2. The second-order valence-electron chi connectivity index (χ2n) is 5.55. The van der Waals surface area contributed by atoms with E-state index in [1.165, 1.54) is 30.3 Å². The van der Waals surface area contributed by atoms with Gasteiger partial charge in [0.15, 0.2) is 0 Å². The van der Waals surface area contributed by atoms with E-state index in [9.17, 15) is 17.6 Å². The van der Waals surface area contributed by atoms with Crippen molar-refractivity contribution in [3.63, 3.8) is 0 Å². The van der Waals surface area contributed by atoms with Gasteiger partial charge in [-0.1, -0.05) is 41.9 Å². The Morgan fingerprint density at radius 3 is 2.30 bits per heavy atom. The van der Waals surface area contributed by atoms with Gasteiger partial charge in [-0.15, -0.1) is 0 Å². The Hall–Kier alpha value is -2.90. The highest BCUT2D eigenvalue weighted by molar-refractivity contribution is 7.92. The molecule has 5 nitrogen and oxygen atoms in total. The Morgan fingerprint density at radius 1 is 0.926 bits per heavy atom. The van der Waals surface area contributed by atoms with Gasteiger partial charge >= 0.3 is 0 Å². The predicted octanol–water partition coefficient (Wildman–Crippen LogP) is 4.53. The number of benzene rings is 3. The SMILES string of the molecule is O=C(Nc1ccccc1)c1cc(S(=O)(=O)Nc2ccccc2F)ccc1Cl. The molecule has 0 aliphatic carbocycles. The van der Waals surface area contributed by atoms with Crippen LogP contribution in [0.15, 0.2) is 77.7 Å². The molecule has 138 valence electrons. The number of para-hydroxylation sites is 2. The van der Waals surface area contributed by atoms with E-state index in [0.717, 1.165) is 12.1 Å². The minimum Gasteiger partial charge on any atom is -0.322 e. The van der Waals surface area contributed by atoms with Crippen LogP contribution >= 0.6 is 11.6 Å². The summed E-state index contributed by atoms with van der Waals surface area (Å²) >= 11 is 6.06. The van der Waals surface area contributed by atoms with Crippen LogP contribution in [-0.2, 0) is 10.0 Å². The van der Waals surface area contributed by atoms with Crippen LogP contribution in [0.3, 0.4) is 0 Å². The second-order valence-corrected chi connectivity index (χ2v) is 7.64. The molecule has 0 bridgehead atoms. The number of hydrogen-bond acceptors (Lipinski definition) is 3. The standard InChI is InChI=1S/C19H14ClFN2O3S/c20-16-11-10-14(27(25,26)23-18-9-5-4-8-17(18)21)12-15(16)19(24)22-13-6-2-1-3-7-13/h1-12,23H,(H,22,24). The quantitative estimate of drug-likeness (QED) is 0.655. The minimum atomic E-state index is -4.11. The first-order valence-corrected chi connectivity index (χ1v) is 9.66. The summed E-state index contributed by atoms with van der Waals surface area (Å²) in [6.45, 7) is 0. The summed E-state index contributed by atoms with van der Waals surface area (Å²) in [5.74, 6) is -1.27. The number of rotatable bonds is 5. The fourth-order valence-electron chi connectivity index (χ4n) is 2.31. The van der Waals surface area contributed by atoms with Crippen LogP contribution in [-0.4, -0.2) is 14.3 Å². The van der Waals surface area contributed by atoms with Gasteiger partial charge in [-0.05, 0) is 42.5 Å². The number of amides is 1. The van der Waals surface area contributed by atoms with Crippen molar-refractivity contribution in [2.75, 3.05) is 10.0 Å². The van der Waals surface area contributed by atoms with Gasteiger partial charge in [-0.2, -0.15) is 0 Å². The lowest BCUT2D eigenvalue weighted by atomic mass is 10.2. The smallest absolute Gasteiger partial charge is 0.262 e. The number of hydrogen-bond donors (Lipinski definition) is 2. The fraction of sp³-hybridized carbons (Fsp3) is 0. The topological polar surface area (TPSA) is 75.3 Å². The molecule has 3 aromatic carbocycles. The highest BCUT2D eigenvalue weighted by Gasteiger charge is 2.20. The molecule has 27 heavy (non-hydrogen) atoms. The molecular weight excluding hydrogens is 391 g/mol. The van der Waals surface area contributed by atoms with E-state index >= 15 is 0 Å². The van der Waals surface area contributed by atoms with E-state index in [-0.39, 0.29) is 21.2 Å². The molecule has 2 N–H and O–H groups in total. The molecule has 0 aliphatic heterocycles. The van der Waals surface area contributed by atoms with Gasteiger partial charge in [0.2, 0.25) is 0 Å². The van der Waals surface area contributed by atoms with Crippen LogP contribution in [0.4, 0.5) is 15.8 Å². The number of sulfonamides is 1. The molecule has 8 heteroatoms. The van der Waals surface area contributed by atoms with Crippen LogP contribution in [0.2, 0.25) is 5.02 Å². The summed E-state index contributed by atoms with van der Waals surface area (Å²) in [6, 6.07) is 17.7. The summed E-state index contributed by atoms with van der Waals surface area (Å²) < 4.78 is 41.0. The van der Waals surface area contributed by atoms with Gasteiger partial charge in [0, 0.05) is 5.69 Å². The van der Waals surface area contributed by atoms with Crippen molar-refractivity contribution < 1.29 is 17.6 Å². The maximum atomic E-state index is 13.7. The minimum absolute atomic E-state index is 0.0167. The molecule has 3 rings (SSSR count). The molecule has 0 heterocycles. The average molecular weight is 405 g/mol. The Bertz CT molecular complexity index is 1090. The number of halogens is 2. The van der Waals surface area contributed by atoms with Crippen LogP contribution < -0.4 is 10.0 Å². The molecular formula is C19H14ClFN2O3S. The van der Waals surface area contributed by atoms with Crippen molar-refractivity contribution >= 4 is 38.9 Å². The van der Waals surface area contributed by atoms with Gasteiger partial charge in [-0.25, -0.2) is 12.8 Å². The van der Waals surface area contributed by atoms with E-state index in [1.54, 1.807) is 30.3 Å². The van der Waals surface area contributed by atoms with Crippen molar-refractivity contribution in [3.05, 3.63) is 89.2 Å². The van der Waals surface area contributed by atoms with Crippen molar-refractivity contribution in [2.24, 2.45) is 0 Å². The van der Waals surface area contributed by atoms with Gasteiger partial charge in [0.05, 0.1) is 21.2 Å². The first-order valence-electron chi connectivity index (χ1n) is 7.80. The molecule has 1 amide bonds. The molecule has 0 saturated heterocycles. The molecule has 0 atom stereocenters. The third kappa shape index (κ3) is 4.45. The van der Waals surface area contributed by atoms with Crippen molar-refractivity contribution in [1.82, 2.24) is 0 Å². The van der Waals surface area contributed by atoms with Crippen molar-refractivity contribution in [1.29, 1.82) is 0 Å². The van der Waals surface area contributed by atoms with Gasteiger partial charge in [-0.3, -0.25) is 9.52 Å². The summed E-state index contributed by atoms with van der Waals surface area (Å²) in [7, 11) is -4.11. The van der Waals surface area contributed by atoms with E-state index in [0.29, 0.717) is 5.69 Å². The molecule has 0 aliphatic rings. The predicted molar refractivity (Wildman–Crippen MR) is 103 cm³/mol.